The highest BCUT2D eigenvalue weighted by molar-refractivity contribution is 9.10. The Morgan fingerprint density at radius 3 is 3.00 bits per heavy atom. The number of carbonyl (C=O) groups excluding carboxylic acids is 1. The number of aliphatic hydroxyl groups is 1. The maximum atomic E-state index is 13.1. The second-order valence-electron chi connectivity index (χ2n) is 3.09. The third-order valence-electron chi connectivity index (χ3n) is 2.12. The first-order valence-corrected chi connectivity index (χ1v) is 4.84. The topological polar surface area (TPSA) is 49.3 Å². The molecule has 1 aliphatic heterocycles. The number of amides is 1. The van der Waals surface area contributed by atoms with Gasteiger partial charge in [0.25, 0.3) is 0 Å². The van der Waals surface area contributed by atoms with Crippen LogP contribution in [0.15, 0.2) is 16.6 Å². The number of hydrogen-bond donors (Lipinski definition) is 2. The lowest BCUT2D eigenvalue weighted by Gasteiger charge is -2.22. The highest BCUT2D eigenvalue weighted by atomic mass is 79.9. The van der Waals surface area contributed by atoms with Crippen molar-refractivity contribution in [1.82, 2.24) is 0 Å². The molecule has 0 spiro atoms. The standard InChI is InChI=1S/C9H7BrFNO2/c10-9-4(11)1-2-5-8(9)6(13)3-7(14)12-5/h1-2,6,13H,3H2,(H,12,14). The van der Waals surface area contributed by atoms with Crippen LogP contribution in [0, 0.1) is 5.82 Å². The van der Waals surface area contributed by atoms with Crippen LogP contribution in [0.25, 0.3) is 0 Å². The zero-order valence-corrected chi connectivity index (χ0v) is 8.64. The van der Waals surface area contributed by atoms with E-state index in [0.29, 0.717) is 11.3 Å². The molecule has 2 rings (SSSR count). The van der Waals surface area contributed by atoms with Crippen LogP contribution in [0.2, 0.25) is 0 Å². The summed E-state index contributed by atoms with van der Waals surface area (Å²) >= 11 is 3.04. The lowest BCUT2D eigenvalue weighted by atomic mass is 10.00. The first kappa shape index (κ1) is 9.61. The molecule has 1 aliphatic rings. The molecule has 5 heteroatoms. The molecule has 14 heavy (non-hydrogen) atoms. The van der Waals surface area contributed by atoms with Gasteiger partial charge in [0, 0.05) is 11.3 Å². The molecular weight excluding hydrogens is 253 g/mol. The number of halogens is 2. The van der Waals surface area contributed by atoms with E-state index in [1.165, 1.54) is 12.1 Å². The van der Waals surface area contributed by atoms with Crippen LogP contribution >= 0.6 is 15.9 Å². The van der Waals surface area contributed by atoms with Gasteiger partial charge in [-0.25, -0.2) is 4.39 Å². The highest BCUT2D eigenvalue weighted by Crippen LogP contribution is 2.37. The van der Waals surface area contributed by atoms with Gasteiger partial charge in [0.1, 0.15) is 5.82 Å². The maximum Gasteiger partial charge on any atom is 0.227 e. The summed E-state index contributed by atoms with van der Waals surface area (Å²) in [5.74, 6) is -0.706. The van der Waals surface area contributed by atoms with Crippen molar-refractivity contribution in [3.63, 3.8) is 0 Å². The Morgan fingerprint density at radius 1 is 1.57 bits per heavy atom. The van der Waals surface area contributed by atoms with Crippen LogP contribution < -0.4 is 5.32 Å². The first-order valence-electron chi connectivity index (χ1n) is 4.05. The van der Waals surface area contributed by atoms with Gasteiger partial charge in [-0.2, -0.15) is 0 Å². The molecule has 0 aromatic heterocycles. The lowest BCUT2D eigenvalue weighted by molar-refractivity contribution is -0.118. The summed E-state index contributed by atoms with van der Waals surface area (Å²) in [6.07, 6.45) is -0.974. The van der Waals surface area contributed by atoms with Crippen LogP contribution in [0.4, 0.5) is 10.1 Å². The minimum absolute atomic E-state index is 0.0327. The Balaban J connectivity index is 2.59. The predicted octanol–water partition coefficient (Wildman–Crippen LogP) is 1.96. The largest absolute Gasteiger partial charge is 0.388 e. The fourth-order valence-corrected chi connectivity index (χ4v) is 2.09. The molecule has 0 saturated carbocycles. The fourth-order valence-electron chi connectivity index (χ4n) is 1.48. The van der Waals surface area contributed by atoms with Crippen LogP contribution in [-0.2, 0) is 4.79 Å². The summed E-state index contributed by atoms with van der Waals surface area (Å²) in [6.45, 7) is 0. The summed E-state index contributed by atoms with van der Waals surface area (Å²) < 4.78 is 13.3. The van der Waals surface area contributed by atoms with Crippen molar-refractivity contribution in [2.24, 2.45) is 0 Å². The molecular formula is C9H7BrFNO2. The van der Waals surface area contributed by atoms with Crippen molar-refractivity contribution in [3.8, 4) is 0 Å². The zero-order chi connectivity index (χ0) is 10.3. The Hall–Kier alpha value is -0.940. The average Bonchev–Trinajstić information content (AvgIpc) is 2.10. The van der Waals surface area contributed by atoms with E-state index in [1.54, 1.807) is 0 Å². The van der Waals surface area contributed by atoms with Gasteiger partial charge in [-0.1, -0.05) is 0 Å². The molecule has 1 aromatic rings. The SMILES string of the molecule is O=C1CC(O)c2c(ccc(F)c2Br)N1. The number of carbonyl (C=O) groups is 1. The van der Waals surface area contributed by atoms with E-state index in [9.17, 15) is 14.3 Å². The molecule has 0 fully saturated rings. The molecule has 0 saturated heterocycles. The third-order valence-corrected chi connectivity index (χ3v) is 2.92. The molecule has 1 aromatic carbocycles. The van der Waals surface area contributed by atoms with Crippen molar-refractivity contribution in [2.75, 3.05) is 5.32 Å². The Bertz CT molecular complexity index is 408. The number of aliphatic hydroxyl groups excluding tert-OH is 1. The van der Waals surface area contributed by atoms with E-state index in [4.69, 9.17) is 0 Å². The number of rotatable bonds is 0. The zero-order valence-electron chi connectivity index (χ0n) is 7.05. The van der Waals surface area contributed by atoms with E-state index < -0.39 is 11.9 Å². The van der Waals surface area contributed by atoms with Gasteiger partial charge in [-0.15, -0.1) is 0 Å². The van der Waals surface area contributed by atoms with Crippen molar-refractivity contribution in [3.05, 3.63) is 28.0 Å². The Kier molecular flexibility index (Phi) is 2.28. The minimum Gasteiger partial charge on any atom is -0.388 e. The monoisotopic (exact) mass is 259 g/mol. The predicted molar refractivity (Wildman–Crippen MR) is 52.3 cm³/mol. The van der Waals surface area contributed by atoms with Gasteiger partial charge in [-0.3, -0.25) is 4.79 Å². The van der Waals surface area contributed by atoms with Crippen LogP contribution in [-0.4, -0.2) is 11.0 Å². The molecule has 1 amide bonds. The van der Waals surface area contributed by atoms with E-state index >= 15 is 0 Å². The maximum absolute atomic E-state index is 13.1. The van der Waals surface area contributed by atoms with E-state index in [1.807, 2.05) is 0 Å². The quantitative estimate of drug-likeness (QED) is 0.749. The summed E-state index contributed by atoms with van der Waals surface area (Å²) in [4.78, 5) is 11.1. The summed E-state index contributed by atoms with van der Waals surface area (Å²) in [5.41, 5.74) is 0.867. The van der Waals surface area contributed by atoms with Crippen molar-refractivity contribution >= 4 is 27.5 Å². The van der Waals surface area contributed by atoms with E-state index in [2.05, 4.69) is 21.2 Å². The molecule has 1 heterocycles. The van der Waals surface area contributed by atoms with Crippen molar-refractivity contribution in [1.29, 1.82) is 0 Å². The fraction of sp³-hybridized carbons (Fsp3) is 0.222. The van der Waals surface area contributed by atoms with Gasteiger partial charge in [0.15, 0.2) is 0 Å². The van der Waals surface area contributed by atoms with Crippen LogP contribution in [0.5, 0.6) is 0 Å². The molecule has 74 valence electrons. The Morgan fingerprint density at radius 2 is 2.29 bits per heavy atom. The molecule has 2 N–H and O–H groups in total. The normalized spacial score (nSPS) is 20.2. The first-order chi connectivity index (χ1) is 6.59. The van der Waals surface area contributed by atoms with Crippen molar-refractivity contribution < 1.29 is 14.3 Å². The van der Waals surface area contributed by atoms with Crippen LogP contribution in [0.3, 0.4) is 0 Å². The third kappa shape index (κ3) is 1.42. The molecule has 0 radical (unpaired) electrons. The second kappa shape index (κ2) is 3.33. The molecule has 0 bridgehead atoms. The summed E-state index contributed by atoms with van der Waals surface area (Å²) in [5, 5.41) is 12.1. The van der Waals surface area contributed by atoms with Crippen LogP contribution in [0.1, 0.15) is 18.1 Å². The minimum atomic E-state index is -0.941. The molecule has 1 atom stereocenters. The number of hydrogen-bond acceptors (Lipinski definition) is 2. The van der Waals surface area contributed by atoms with Crippen molar-refractivity contribution in [2.45, 2.75) is 12.5 Å². The van der Waals surface area contributed by atoms with E-state index in [-0.39, 0.29) is 16.8 Å². The van der Waals surface area contributed by atoms with Gasteiger partial charge in [0.05, 0.1) is 17.0 Å². The number of benzene rings is 1. The molecule has 0 aliphatic carbocycles. The summed E-state index contributed by atoms with van der Waals surface area (Å²) in [7, 11) is 0. The average molecular weight is 260 g/mol. The molecule has 1 unspecified atom stereocenters. The van der Waals surface area contributed by atoms with Gasteiger partial charge < -0.3 is 10.4 Å². The second-order valence-corrected chi connectivity index (χ2v) is 3.88. The highest BCUT2D eigenvalue weighted by Gasteiger charge is 2.26. The smallest absolute Gasteiger partial charge is 0.227 e. The van der Waals surface area contributed by atoms with Gasteiger partial charge >= 0.3 is 0 Å². The number of nitrogens with one attached hydrogen (secondary N) is 1. The van der Waals surface area contributed by atoms with Gasteiger partial charge in [-0.05, 0) is 28.1 Å². The lowest BCUT2D eigenvalue weighted by Crippen LogP contribution is -2.23. The van der Waals surface area contributed by atoms with E-state index in [0.717, 1.165) is 0 Å². The summed E-state index contributed by atoms with van der Waals surface area (Å²) in [6, 6.07) is 2.68. The number of fused-ring (bicyclic) bond motifs is 1. The number of anilines is 1. The molecule has 3 nitrogen and oxygen atoms in total. The van der Waals surface area contributed by atoms with Gasteiger partial charge in [0.2, 0.25) is 5.91 Å². The Labute approximate surface area is 88.1 Å².